The van der Waals surface area contributed by atoms with Gasteiger partial charge in [0, 0.05) is 31.9 Å². The Morgan fingerprint density at radius 3 is 2.44 bits per heavy atom. The summed E-state index contributed by atoms with van der Waals surface area (Å²) >= 11 is 0. The number of piperidine rings is 1. The van der Waals surface area contributed by atoms with Crippen LogP contribution in [0.2, 0.25) is 0 Å². The molecule has 0 bridgehead atoms. The Morgan fingerprint density at radius 2 is 1.75 bits per heavy atom. The van der Waals surface area contributed by atoms with Gasteiger partial charge < -0.3 is 15.0 Å². The molecule has 0 saturated carbocycles. The Bertz CT molecular complexity index is 1070. The van der Waals surface area contributed by atoms with Crippen molar-refractivity contribution in [3.05, 3.63) is 54.1 Å². The number of anilines is 2. The minimum absolute atomic E-state index is 0.0132. The smallest absolute Gasteiger partial charge is 0.243 e. The third-order valence-electron chi connectivity index (χ3n) is 5.77. The molecule has 2 fully saturated rings. The number of morpholine rings is 1. The SMILES string of the molecule is O=C(Nc1ccc(N2CCOCC2)c(F)c1)C1CCCN(S(=O)(=O)c2ccc(F)cc2)C1. The molecule has 0 aromatic heterocycles. The van der Waals surface area contributed by atoms with Crippen LogP contribution in [0.5, 0.6) is 0 Å². The van der Waals surface area contributed by atoms with E-state index in [-0.39, 0.29) is 23.9 Å². The van der Waals surface area contributed by atoms with E-state index in [0.717, 1.165) is 12.1 Å². The number of halogens is 2. The number of nitrogens with one attached hydrogen (secondary N) is 1. The largest absolute Gasteiger partial charge is 0.378 e. The maximum atomic E-state index is 14.6. The molecule has 7 nitrogen and oxygen atoms in total. The average Bonchev–Trinajstić information content (AvgIpc) is 2.80. The van der Waals surface area contributed by atoms with E-state index in [1.807, 2.05) is 4.90 Å². The maximum absolute atomic E-state index is 14.6. The number of benzene rings is 2. The molecule has 4 rings (SSSR count). The Morgan fingerprint density at radius 1 is 1.03 bits per heavy atom. The number of sulfonamides is 1. The quantitative estimate of drug-likeness (QED) is 0.735. The van der Waals surface area contributed by atoms with E-state index in [1.165, 1.54) is 22.5 Å². The molecule has 2 heterocycles. The number of carbonyl (C=O) groups is 1. The lowest BCUT2D eigenvalue weighted by Crippen LogP contribution is -2.43. The minimum Gasteiger partial charge on any atom is -0.378 e. The molecule has 1 unspecified atom stereocenters. The summed E-state index contributed by atoms with van der Waals surface area (Å²) in [6.45, 7) is 2.58. The lowest BCUT2D eigenvalue weighted by molar-refractivity contribution is -0.120. The minimum atomic E-state index is -3.83. The van der Waals surface area contributed by atoms with Crippen LogP contribution in [-0.4, -0.2) is 58.0 Å². The predicted octanol–water partition coefficient (Wildman–Crippen LogP) is 2.84. The molecule has 1 atom stereocenters. The van der Waals surface area contributed by atoms with Gasteiger partial charge in [-0.25, -0.2) is 17.2 Å². The van der Waals surface area contributed by atoms with Gasteiger partial charge in [0.2, 0.25) is 15.9 Å². The molecule has 2 aliphatic rings. The fourth-order valence-electron chi connectivity index (χ4n) is 4.02. The van der Waals surface area contributed by atoms with Crippen molar-refractivity contribution in [1.82, 2.24) is 4.31 Å². The van der Waals surface area contributed by atoms with Crippen LogP contribution in [0.15, 0.2) is 47.4 Å². The number of rotatable bonds is 5. The molecule has 0 radical (unpaired) electrons. The van der Waals surface area contributed by atoms with Gasteiger partial charge in [0.1, 0.15) is 11.6 Å². The van der Waals surface area contributed by atoms with Gasteiger partial charge in [-0.1, -0.05) is 0 Å². The monoisotopic (exact) mass is 465 g/mol. The Balaban J connectivity index is 1.42. The molecule has 1 amide bonds. The molecule has 0 aliphatic carbocycles. The van der Waals surface area contributed by atoms with Crippen LogP contribution < -0.4 is 10.2 Å². The van der Waals surface area contributed by atoms with Gasteiger partial charge in [0.05, 0.1) is 29.7 Å². The normalized spacial score (nSPS) is 20.2. The van der Waals surface area contributed by atoms with E-state index in [4.69, 9.17) is 4.74 Å². The summed E-state index contributed by atoms with van der Waals surface area (Å²) in [5.41, 5.74) is 0.781. The first-order valence-electron chi connectivity index (χ1n) is 10.5. The zero-order chi connectivity index (χ0) is 22.7. The fraction of sp³-hybridized carbons (Fsp3) is 0.409. The van der Waals surface area contributed by atoms with Crippen molar-refractivity contribution in [3.8, 4) is 0 Å². The molecule has 1 N–H and O–H groups in total. The van der Waals surface area contributed by atoms with Crippen LogP contribution in [0.25, 0.3) is 0 Å². The van der Waals surface area contributed by atoms with Crippen molar-refractivity contribution in [2.24, 2.45) is 5.92 Å². The average molecular weight is 466 g/mol. The standard InChI is InChI=1S/C22H25F2N3O4S/c23-17-3-6-19(7-4-17)32(29,30)27-9-1-2-16(15-27)22(28)25-18-5-8-21(20(24)14-18)26-10-12-31-13-11-26/h3-8,14,16H,1-2,9-13,15H2,(H,25,28). The number of carbonyl (C=O) groups excluding carboxylic acids is 1. The van der Waals surface area contributed by atoms with Crippen LogP contribution in [0.3, 0.4) is 0 Å². The Hall–Kier alpha value is -2.56. The first-order valence-corrected chi connectivity index (χ1v) is 12.0. The molecular formula is C22H25F2N3O4S. The van der Waals surface area contributed by atoms with E-state index >= 15 is 0 Å². The Labute approximate surface area is 186 Å². The highest BCUT2D eigenvalue weighted by atomic mass is 32.2. The number of hydrogen-bond donors (Lipinski definition) is 1. The van der Waals surface area contributed by atoms with E-state index in [9.17, 15) is 22.0 Å². The van der Waals surface area contributed by atoms with Crippen molar-refractivity contribution in [2.75, 3.05) is 49.6 Å². The van der Waals surface area contributed by atoms with Gasteiger partial charge >= 0.3 is 0 Å². The van der Waals surface area contributed by atoms with Gasteiger partial charge in [-0.15, -0.1) is 0 Å². The van der Waals surface area contributed by atoms with Gasteiger partial charge in [-0.05, 0) is 55.3 Å². The molecule has 2 aromatic carbocycles. The van der Waals surface area contributed by atoms with Crippen LogP contribution in [0.1, 0.15) is 12.8 Å². The van der Waals surface area contributed by atoms with Gasteiger partial charge in [-0.3, -0.25) is 4.79 Å². The molecule has 10 heteroatoms. The highest BCUT2D eigenvalue weighted by Gasteiger charge is 2.33. The number of nitrogens with zero attached hydrogens (tertiary/aromatic N) is 2. The van der Waals surface area contributed by atoms with Crippen LogP contribution >= 0.6 is 0 Å². The summed E-state index contributed by atoms with van der Waals surface area (Å²) in [7, 11) is -3.83. The van der Waals surface area contributed by atoms with E-state index in [0.29, 0.717) is 50.5 Å². The highest BCUT2D eigenvalue weighted by molar-refractivity contribution is 7.89. The predicted molar refractivity (Wildman–Crippen MR) is 116 cm³/mol. The second kappa shape index (κ2) is 9.51. The molecule has 2 aliphatic heterocycles. The third kappa shape index (κ3) is 4.92. The summed E-state index contributed by atoms with van der Waals surface area (Å²) in [6.07, 6.45) is 1.04. The van der Waals surface area contributed by atoms with Crippen molar-refractivity contribution < 1.29 is 26.7 Å². The molecule has 2 saturated heterocycles. The second-order valence-corrected chi connectivity index (χ2v) is 9.85. The summed E-state index contributed by atoms with van der Waals surface area (Å²) < 4.78 is 60.0. The topological polar surface area (TPSA) is 79.0 Å². The van der Waals surface area contributed by atoms with Crippen LogP contribution in [0, 0.1) is 17.6 Å². The van der Waals surface area contributed by atoms with Crippen molar-refractivity contribution >= 4 is 27.3 Å². The third-order valence-corrected chi connectivity index (χ3v) is 7.65. The summed E-state index contributed by atoms with van der Waals surface area (Å²) in [5, 5.41) is 2.71. The molecule has 32 heavy (non-hydrogen) atoms. The molecule has 0 spiro atoms. The first-order chi connectivity index (χ1) is 15.3. The second-order valence-electron chi connectivity index (χ2n) is 7.91. The zero-order valence-electron chi connectivity index (χ0n) is 17.5. The number of amides is 1. The Kier molecular flexibility index (Phi) is 6.73. The lowest BCUT2D eigenvalue weighted by Gasteiger charge is -2.31. The highest BCUT2D eigenvalue weighted by Crippen LogP contribution is 2.27. The van der Waals surface area contributed by atoms with E-state index in [1.54, 1.807) is 12.1 Å². The van der Waals surface area contributed by atoms with Gasteiger partial charge in [0.25, 0.3) is 0 Å². The van der Waals surface area contributed by atoms with Crippen LogP contribution in [0.4, 0.5) is 20.2 Å². The van der Waals surface area contributed by atoms with Gasteiger partial charge in [-0.2, -0.15) is 4.31 Å². The first kappa shape index (κ1) is 22.6. The zero-order valence-corrected chi connectivity index (χ0v) is 18.3. The molecular weight excluding hydrogens is 440 g/mol. The summed E-state index contributed by atoms with van der Waals surface area (Å²) in [4.78, 5) is 14.7. The molecule has 172 valence electrons. The van der Waals surface area contributed by atoms with Crippen molar-refractivity contribution in [1.29, 1.82) is 0 Å². The summed E-state index contributed by atoms with van der Waals surface area (Å²) in [6, 6.07) is 9.16. The van der Waals surface area contributed by atoms with E-state index < -0.39 is 27.6 Å². The maximum Gasteiger partial charge on any atom is 0.243 e. The van der Waals surface area contributed by atoms with Crippen molar-refractivity contribution in [2.45, 2.75) is 17.7 Å². The number of hydrogen-bond acceptors (Lipinski definition) is 5. The lowest BCUT2D eigenvalue weighted by atomic mass is 9.98. The van der Waals surface area contributed by atoms with Crippen LogP contribution in [-0.2, 0) is 19.6 Å². The van der Waals surface area contributed by atoms with E-state index in [2.05, 4.69) is 5.32 Å². The van der Waals surface area contributed by atoms with Gasteiger partial charge in [0.15, 0.2) is 0 Å². The van der Waals surface area contributed by atoms with Crippen molar-refractivity contribution in [3.63, 3.8) is 0 Å². The molecule has 2 aromatic rings. The number of ether oxygens (including phenoxy) is 1. The fourth-order valence-corrected chi connectivity index (χ4v) is 5.54. The summed E-state index contributed by atoms with van der Waals surface area (Å²) in [5.74, 6) is -1.89.